The summed E-state index contributed by atoms with van der Waals surface area (Å²) in [5.41, 5.74) is 0.397. The Hall–Kier alpha value is -0.550. The van der Waals surface area contributed by atoms with Crippen molar-refractivity contribution in [3.63, 3.8) is 0 Å². The zero-order valence-corrected chi connectivity index (χ0v) is 14.2. The smallest absolute Gasteiger partial charge is 0.257 e. The van der Waals surface area contributed by atoms with Crippen molar-refractivity contribution in [2.24, 2.45) is 5.41 Å². The second kappa shape index (κ2) is 5.44. The summed E-state index contributed by atoms with van der Waals surface area (Å²) in [6, 6.07) is 4.94. The summed E-state index contributed by atoms with van der Waals surface area (Å²) in [6.45, 7) is 5.69. The number of carbonyl (C=O) groups excluding carboxylic acids is 1. The number of nitrogens with zero attached hydrogens (tertiary/aromatic N) is 1. The van der Waals surface area contributed by atoms with Crippen LogP contribution >= 0.6 is 31.9 Å². The van der Waals surface area contributed by atoms with Gasteiger partial charge in [-0.05, 0) is 30.0 Å². The van der Waals surface area contributed by atoms with E-state index in [1.165, 1.54) is 0 Å². The van der Waals surface area contributed by atoms with Crippen molar-refractivity contribution in [1.29, 1.82) is 0 Å². The fourth-order valence-corrected chi connectivity index (χ4v) is 3.06. The monoisotopic (exact) mass is 389 g/mol. The molecule has 1 fully saturated rings. The summed E-state index contributed by atoms with van der Waals surface area (Å²) in [5.74, 6) is -0.0711. The Morgan fingerprint density at radius 3 is 2.79 bits per heavy atom. The largest absolute Gasteiger partial charge is 0.507 e. The van der Waals surface area contributed by atoms with Crippen molar-refractivity contribution in [3.8, 4) is 5.75 Å². The molecule has 0 spiro atoms. The molecule has 0 bridgehead atoms. The first kappa shape index (κ1) is 14.9. The topological polar surface area (TPSA) is 40.5 Å². The van der Waals surface area contributed by atoms with Gasteiger partial charge in [0.25, 0.3) is 5.91 Å². The van der Waals surface area contributed by atoms with Crippen molar-refractivity contribution in [2.75, 3.05) is 13.1 Å². The van der Waals surface area contributed by atoms with Crippen molar-refractivity contribution >= 4 is 37.8 Å². The van der Waals surface area contributed by atoms with Gasteiger partial charge in [-0.25, -0.2) is 0 Å². The van der Waals surface area contributed by atoms with Crippen molar-refractivity contribution in [2.45, 2.75) is 25.1 Å². The lowest BCUT2D eigenvalue weighted by atomic mass is 9.83. The number of carbonyl (C=O) groups is 1. The van der Waals surface area contributed by atoms with Crippen LogP contribution in [0.25, 0.3) is 0 Å². The maximum Gasteiger partial charge on any atom is 0.257 e. The minimum Gasteiger partial charge on any atom is -0.507 e. The van der Waals surface area contributed by atoms with Crippen LogP contribution in [0.3, 0.4) is 0 Å². The average Bonchev–Trinajstić information content (AvgIpc) is 2.35. The molecule has 1 aromatic carbocycles. The number of benzene rings is 1. The molecule has 5 heteroatoms. The van der Waals surface area contributed by atoms with E-state index in [1.54, 1.807) is 18.2 Å². The highest BCUT2D eigenvalue weighted by molar-refractivity contribution is 9.10. The Morgan fingerprint density at radius 2 is 2.16 bits per heavy atom. The molecule has 1 aliphatic rings. The number of hydrogen-bond acceptors (Lipinski definition) is 2. The highest BCUT2D eigenvalue weighted by Crippen LogP contribution is 2.35. The van der Waals surface area contributed by atoms with Crippen LogP contribution < -0.4 is 0 Å². The van der Waals surface area contributed by atoms with Crippen LogP contribution in [-0.2, 0) is 0 Å². The van der Waals surface area contributed by atoms with Crippen LogP contribution in [-0.4, -0.2) is 33.8 Å². The molecule has 0 radical (unpaired) electrons. The molecule has 1 aliphatic heterocycles. The highest BCUT2D eigenvalue weighted by Gasteiger charge is 2.36. The van der Waals surface area contributed by atoms with Gasteiger partial charge in [0.2, 0.25) is 0 Å². The predicted molar refractivity (Wildman–Crippen MR) is 82.8 cm³/mol. The number of hydrogen-bond donors (Lipinski definition) is 1. The number of halogens is 2. The quantitative estimate of drug-likeness (QED) is 0.741. The maximum atomic E-state index is 12.5. The Labute approximate surface area is 130 Å². The number of likely N-dealkylation sites (tertiary alicyclic amines) is 1. The number of alkyl halides is 1. The first-order valence-electron chi connectivity index (χ1n) is 6.23. The van der Waals surface area contributed by atoms with Crippen LogP contribution in [0.4, 0.5) is 0 Å². The van der Waals surface area contributed by atoms with Gasteiger partial charge < -0.3 is 10.0 Å². The Morgan fingerprint density at radius 1 is 1.47 bits per heavy atom. The Bertz CT molecular complexity index is 502. The lowest BCUT2D eigenvalue weighted by molar-refractivity contribution is 0.0599. The SMILES string of the molecule is CC1(C)CN(C(=O)c2cc(Br)ccc2O)CCC1Br. The second-order valence-corrected chi connectivity index (χ2v) is 7.65. The van der Waals surface area contributed by atoms with Gasteiger partial charge in [-0.1, -0.05) is 45.7 Å². The molecule has 0 aromatic heterocycles. The van der Waals surface area contributed by atoms with Gasteiger partial charge in [0.05, 0.1) is 5.56 Å². The molecule has 1 aromatic rings. The molecule has 3 nitrogen and oxygen atoms in total. The number of phenols is 1. The molecule has 0 aliphatic carbocycles. The van der Waals surface area contributed by atoms with E-state index in [1.807, 2.05) is 4.90 Å². The van der Waals surface area contributed by atoms with Crippen LogP contribution in [0.2, 0.25) is 0 Å². The molecule has 1 saturated heterocycles. The third-order valence-electron chi connectivity index (χ3n) is 3.58. The van der Waals surface area contributed by atoms with Crippen LogP contribution in [0, 0.1) is 5.41 Å². The molecular formula is C14H17Br2NO2. The molecule has 1 unspecified atom stereocenters. The van der Waals surface area contributed by atoms with Gasteiger partial charge >= 0.3 is 0 Å². The first-order chi connectivity index (χ1) is 8.81. The summed E-state index contributed by atoms with van der Waals surface area (Å²) in [5, 5.41) is 9.84. The molecule has 2 rings (SSSR count). The summed E-state index contributed by atoms with van der Waals surface area (Å²) >= 11 is 7.01. The number of piperidine rings is 1. The van der Waals surface area contributed by atoms with E-state index in [-0.39, 0.29) is 17.1 Å². The van der Waals surface area contributed by atoms with Crippen LogP contribution in [0.15, 0.2) is 22.7 Å². The molecular weight excluding hydrogens is 374 g/mol. The van der Waals surface area contributed by atoms with Gasteiger partial charge in [-0.3, -0.25) is 4.79 Å². The maximum absolute atomic E-state index is 12.5. The Kier molecular flexibility index (Phi) is 4.26. The fraction of sp³-hybridized carbons (Fsp3) is 0.500. The summed E-state index contributed by atoms with van der Waals surface area (Å²) < 4.78 is 0.795. The minimum atomic E-state index is -0.105. The number of aromatic hydroxyl groups is 1. The average molecular weight is 391 g/mol. The number of amides is 1. The molecule has 0 saturated carbocycles. The normalized spacial score (nSPS) is 22.3. The number of rotatable bonds is 1. The minimum absolute atomic E-state index is 0.0342. The predicted octanol–water partition coefficient (Wildman–Crippen LogP) is 3.79. The summed E-state index contributed by atoms with van der Waals surface area (Å²) in [7, 11) is 0. The van der Waals surface area contributed by atoms with Crippen molar-refractivity contribution in [1.82, 2.24) is 4.90 Å². The van der Waals surface area contributed by atoms with Gasteiger partial charge in [-0.2, -0.15) is 0 Å². The molecule has 1 N–H and O–H groups in total. The summed E-state index contributed by atoms with van der Waals surface area (Å²) in [4.78, 5) is 14.7. The van der Waals surface area contributed by atoms with Crippen molar-refractivity contribution in [3.05, 3.63) is 28.2 Å². The van der Waals surface area contributed by atoms with E-state index in [0.29, 0.717) is 23.5 Å². The van der Waals surface area contributed by atoms with Crippen LogP contribution in [0.5, 0.6) is 5.75 Å². The molecule has 1 atom stereocenters. The van der Waals surface area contributed by atoms with E-state index in [2.05, 4.69) is 45.7 Å². The van der Waals surface area contributed by atoms with Crippen molar-refractivity contribution < 1.29 is 9.90 Å². The van der Waals surface area contributed by atoms with Crippen LogP contribution in [0.1, 0.15) is 30.6 Å². The highest BCUT2D eigenvalue weighted by atomic mass is 79.9. The van der Waals surface area contributed by atoms with E-state index in [4.69, 9.17) is 0 Å². The first-order valence-corrected chi connectivity index (χ1v) is 7.94. The lowest BCUT2D eigenvalue weighted by Gasteiger charge is -2.41. The molecule has 1 amide bonds. The zero-order valence-electron chi connectivity index (χ0n) is 11.0. The van der Waals surface area contributed by atoms with E-state index in [0.717, 1.165) is 10.9 Å². The zero-order chi connectivity index (χ0) is 14.2. The van der Waals surface area contributed by atoms with Gasteiger partial charge in [0, 0.05) is 22.4 Å². The standard InChI is InChI=1S/C14H17Br2NO2/c1-14(2)8-17(6-5-12(14)16)13(19)10-7-9(15)3-4-11(10)18/h3-4,7,12,18H,5-6,8H2,1-2H3. The van der Waals surface area contributed by atoms with Gasteiger partial charge in [0.15, 0.2) is 0 Å². The van der Waals surface area contributed by atoms with E-state index >= 15 is 0 Å². The summed E-state index contributed by atoms with van der Waals surface area (Å²) in [6.07, 6.45) is 0.924. The van der Waals surface area contributed by atoms with E-state index in [9.17, 15) is 9.90 Å². The van der Waals surface area contributed by atoms with Gasteiger partial charge in [-0.15, -0.1) is 0 Å². The lowest BCUT2D eigenvalue weighted by Crippen LogP contribution is -2.48. The molecule has 104 valence electrons. The Balaban J connectivity index is 2.23. The third kappa shape index (κ3) is 3.14. The van der Waals surface area contributed by atoms with E-state index < -0.39 is 0 Å². The molecule has 1 heterocycles. The molecule has 19 heavy (non-hydrogen) atoms. The van der Waals surface area contributed by atoms with Gasteiger partial charge in [0.1, 0.15) is 5.75 Å². The fourth-order valence-electron chi connectivity index (χ4n) is 2.35. The second-order valence-electron chi connectivity index (χ2n) is 5.63. The number of phenolic OH excluding ortho intramolecular Hbond substituents is 1. The third-order valence-corrected chi connectivity index (χ3v) is 5.77.